The summed E-state index contributed by atoms with van der Waals surface area (Å²) in [6, 6.07) is 29.5. The van der Waals surface area contributed by atoms with E-state index in [9.17, 15) is 9.90 Å². The third-order valence-corrected chi connectivity index (χ3v) is 4.52. The summed E-state index contributed by atoms with van der Waals surface area (Å²) in [6.45, 7) is 1.66. The molecule has 0 radical (unpaired) electrons. The van der Waals surface area contributed by atoms with Gasteiger partial charge in [0.2, 0.25) is 0 Å². The fourth-order valence-electron chi connectivity index (χ4n) is 3.47. The van der Waals surface area contributed by atoms with E-state index < -0.39 is 11.5 Å². The van der Waals surface area contributed by atoms with Crippen molar-refractivity contribution in [2.24, 2.45) is 0 Å². The zero-order chi connectivity index (χ0) is 17.7. The van der Waals surface area contributed by atoms with Gasteiger partial charge in [0.05, 0.1) is 6.10 Å². The van der Waals surface area contributed by atoms with Crippen LogP contribution in [0.3, 0.4) is 0 Å². The fourth-order valence-corrected chi connectivity index (χ4v) is 3.47. The molecule has 0 aliphatic heterocycles. The van der Waals surface area contributed by atoms with Gasteiger partial charge in [0.25, 0.3) is 0 Å². The Bertz CT molecular complexity index is 712. The summed E-state index contributed by atoms with van der Waals surface area (Å²) in [5, 5.41) is 9.91. The molecule has 0 heterocycles. The van der Waals surface area contributed by atoms with Crippen LogP contribution in [0.2, 0.25) is 0 Å². The van der Waals surface area contributed by atoms with Crippen LogP contribution in [-0.4, -0.2) is 17.0 Å². The van der Waals surface area contributed by atoms with E-state index in [2.05, 4.69) is 0 Å². The van der Waals surface area contributed by atoms with E-state index in [1.807, 2.05) is 91.0 Å². The van der Waals surface area contributed by atoms with Gasteiger partial charge >= 0.3 is 0 Å². The average molecular weight is 330 g/mol. The fraction of sp³-hybridized carbons (Fsp3) is 0.174. The van der Waals surface area contributed by atoms with E-state index in [1.165, 1.54) is 0 Å². The number of carbonyl (C=O) groups excluding carboxylic acids is 1. The lowest BCUT2D eigenvalue weighted by atomic mass is 9.65. The maximum Gasteiger partial charge on any atom is 0.154 e. The summed E-state index contributed by atoms with van der Waals surface area (Å²) < 4.78 is 0. The molecule has 3 aromatic carbocycles. The van der Waals surface area contributed by atoms with Crippen LogP contribution < -0.4 is 0 Å². The molecule has 3 rings (SSSR count). The van der Waals surface area contributed by atoms with Gasteiger partial charge in [-0.05, 0) is 23.6 Å². The number of benzene rings is 3. The Kier molecular flexibility index (Phi) is 5.11. The van der Waals surface area contributed by atoms with E-state index >= 15 is 0 Å². The van der Waals surface area contributed by atoms with Gasteiger partial charge in [-0.3, -0.25) is 4.79 Å². The molecule has 0 aliphatic rings. The molecule has 2 heteroatoms. The van der Waals surface area contributed by atoms with Crippen molar-refractivity contribution < 1.29 is 9.90 Å². The monoisotopic (exact) mass is 330 g/mol. The van der Waals surface area contributed by atoms with Crippen molar-refractivity contribution in [1.82, 2.24) is 0 Å². The highest BCUT2D eigenvalue weighted by atomic mass is 16.3. The van der Waals surface area contributed by atoms with Gasteiger partial charge in [-0.1, -0.05) is 91.0 Å². The maximum atomic E-state index is 13.5. The van der Waals surface area contributed by atoms with E-state index in [-0.39, 0.29) is 12.2 Å². The molecule has 0 saturated carbocycles. The molecule has 1 unspecified atom stereocenters. The summed E-state index contributed by atoms with van der Waals surface area (Å²) >= 11 is 0. The number of hydrogen-bond acceptors (Lipinski definition) is 2. The Balaban J connectivity index is 2.34. The topological polar surface area (TPSA) is 37.3 Å². The Morgan fingerprint density at radius 2 is 1.08 bits per heavy atom. The SMILES string of the molecule is CC(O)CC(=O)C(c1ccccc1)(c1ccccc1)c1ccccc1. The van der Waals surface area contributed by atoms with Crippen LogP contribution in [0.5, 0.6) is 0 Å². The molecular weight excluding hydrogens is 308 g/mol. The first-order chi connectivity index (χ1) is 12.2. The van der Waals surface area contributed by atoms with Gasteiger partial charge in [0.15, 0.2) is 5.78 Å². The van der Waals surface area contributed by atoms with Crippen LogP contribution in [-0.2, 0) is 10.2 Å². The molecule has 0 aromatic heterocycles. The van der Waals surface area contributed by atoms with Crippen LogP contribution in [0.25, 0.3) is 0 Å². The maximum absolute atomic E-state index is 13.5. The molecular formula is C23H22O2. The largest absolute Gasteiger partial charge is 0.393 e. The van der Waals surface area contributed by atoms with Gasteiger partial charge in [-0.2, -0.15) is 0 Å². The molecule has 0 bridgehead atoms. The predicted molar refractivity (Wildman–Crippen MR) is 101 cm³/mol. The van der Waals surface area contributed by atoms with E-state index in [4.69, 9.17) is 0 Å². The van der Waals surface area contributed by atoms with Crippen LogP contribution in [0.1, 0.15) is 30.0 Å². The molecule has 0 fully saturated rings. The first kappa shape index (κ1) is 17.1. The standard InChI is InChI=1S/C23H22O2/c1-18(24)17-22(25)23(19-11-5-2-6-12-19,20-13-7-3-8-14-20)21-15-9-4-10-16-21/h2-16,18,24H,17H2,1H3. The van der Waals surface area contributed by atoms with Crippen molar-refractivity contribution in [2.45, 2.75) is 24.9 Å². The second kappa shape index (κ2) is 7.45. The number of hydrogen-bond donors (Lipinski definition) is 1. The zero-order valence-corrected chi connectivity index (χ0v) is 14.3. The number of rotatable bonds is 6. The molecule has 3 aromatic rings. The number of carbonyl (C=O) groups is 1. The van der Waals surface area contributed by atoms with Crippen LogP contribution in [0.15, 0.2) is 91.0 Å². The molecule has 1 atom stereocenters. The predicted octanol–water partition coefficient (Wildman–Crippen LogP) is 4.36. The molecule has 0 amide bonds. The number of ketones is 1. The summed E-state index contributed by atoms with van der Waals surface area (Å²) in [5.41, 5.74) is 1.81. The van der Waals surface area contributed by atoms with Gasteiger partial charge in [0.1, 0.15) is 5.41 Å². The second-order valence-corrected chi connectivity index (χ2v) is 6.32. The Morgan fingerprint density at radius 1 is 0.760 bits per heavy atom. The van der Waals surface area contributed by atoms with Crippen LogP contribution in [0, 0.1) is 0 Å². The highest BCUT2D eigenvalue weighted by molar-refractivity contribution is 5.98. The third-order valence-electron chi connectivity index (χ3n) is 4.52. The number of Topliss-reactive ketones (excluding diaryl/α,β-unsaturated/α-hetero) is 1. The molecule has 2 nitrogen and oxygen atoms in total. The lowest BCUT2D eigenvalue weighted by Gasteiger charge is -2.35. The summed E-state index contributed by atoms with van der Waals surface area (Å²) in [4.78, 5) is 13.5. The summed E-state index contributed by atoms with van der Waals surface area (Å²) in [5.74, 6) is -0.00824. The first-order valence-corrected chi connectivity index (χ1v) is 8.53. The number of aliphatic hydroxyl groups excluding tert-OH is 1. The lowest BCUT2D eigenvalue weighted by molar-refractivity contribution is -0.123. The van der Waals surface area contributed by atoms with E-state index in [1.54, 1.807) is 6.92 Å². The third kappa shape index (κ3) is 3.26. The lowest BCUT2D eigenvalue weighted by Crippen LogP contribution is -2.40. The molecule has 0 saturated heterocycles. The Hall–Kier alpha value is -2.71. The highest BCUT2D eigenvalue weighted by Crippen LogP contribution is 2.41. The Morgan fingerprint density at radius 3 is 1.36 bits per heavy atom. The van der Waals surface area contributed by atoms with Crippen molar-refractivity contribution in [3.8, 4) is 0 Å². The van der Waals surface area contributed by atoms with Crippen molar-refractivity contribution in [3.05, 3.63) is 108 Å². The summed E-state index contributed by atoms with van der Waals surface area (Å²) in [7, 11) is 0. The molecule has 0 aliphatic carbocycles. The minimum Gasteiger partial charge on any atom is -0.393 e. The van der Waals surface area contributed by atoms with Gasteiger partial charge in [0, 0.05) is 6.42 Å². The van der Waals surface area contributed by atoms with Gasteiger partial charge < -0.3 is 5.11 Å². The Labute approximate surface area is 148 Å². The van der Waals surface area contributed by atoms with Gasteiger partial charge in [-0.15, -0.1) is 0 Å². The van der Waals surface area contributed by atoms with Gasteiger partial charge in [-0.25, -0.2) is 0 Å². The smallest absolute Gasteiger partial charge is 0.154 e. The van der Waals surface area contributed by atoms with E-state index in [0.29, 0.717) is 0 Å². The van der Waals surface area contributed by atoms with Crippen molar-refractivity contribution in [3.63, 3.8) is 0 Å². The van der Waals surface area contributed by atoms with Crippen molar-refractivity contribution in [1.29, 1.82) is 0 Å². The molecule has 126 valence electrons. The second-order valence-electron chi connectivity index (χ2n) is 6.32. The molecule has 25 heavy (non-hydrogen) atoms. The van der Waals surface area contributed by atoms with Crippen LogP contribution in [0.4, 0.5) is 0 Å². The minimum absolute atomic E-state index is 0.00824. The van der Waals surface area contributed by atoms with Crippen molar-refractivity contribution >= 4 is 5.78 Å². The average Bonchev–Trinajstić information content (AvgIpc) is 2.64. The first-order valence-electron chi connectivity index (χ1n) is 8.53. The zero-order valence-electron chi connectivity index (χ0n) is 14.3. The quantitative estimate of drug-likeness (QED) is 0.682. The molecule has 0 spiro atoms. The van der Waals surface area contributed by atoms with Crippen molar-refractivity contribution in [2.75, 3.05) is 0 Å². The van der Waals surface area contributed by atoms with E-state index in [0.717, 1.165) is 16.7 Å². The molecule has 1 N–H and O–H groups in total. The summed E-state index contributed by atoms with van der Waals surface area (Å²) in [6.07, 6.45) is -0.596. The highest BCUT2D eigenvalue weighted by Gasteiger charge is 2.43. The number of aliphatic hydroxyl groups is 1. The normalized spacial score (nSPS) is 12.6. The van der Waals surface area contributed by atoms with Crippen LogP contribution >= 0.6 is 0 Å². The minimum atomic E-state index is -0.930.